The Morgan fingerprint density at radius 1 is 0.875 bits per heavy atom. The molecule has 0 saturated heterocycles. The van der Waals surface area contributed by atoms with E-state index in [0.717, 1.165) is 38.1 Å². The van der Waals surface area contributed by atoms with E-state index in [2.05, 4.69) is 6.92 Å². The summed E-state index contributed by atoms with van der Waals surface area (Å²) in [6, 6.07) is -4.25. The third-order valence-electron chi connectivity index (χ3n) is 2.47. The highest BCUT2D eigenvalue weighted by atomic mass is 35.8. The van der Waals surface area contributed by atoms with Crippen molar-refractivity contribution >= 4 is 78.5 Å². The first-order chi connectivity index (χ1) is 7.17. The topological polar surface area (TPSA) is 0 Å². The summed E-state index contributed by atoms with van der Waals surface area (Å²) >= 11 is 35.4. The van der Waals surface area contributed by atoms with Crippen molar-refractivity contribution < 1.29 is 0 Å². The average Bonchev–Trinajstić information content (AvgIpc) is 2.07. The molecule has 0 radical (unpaired) electrons. The molecule has 98 valence electrons. The first kappa shape index (κ1) is 18.2. The standard InChI is InChI=1S/C8H16Cl6Si2/c1-2-8(16(12,13)14)6-4-3-5-7-15(9,10)11/h8H,2-7H2,1H3. The fourth-order valence-electron chi connectivity index (χ4n) is 1.49. The van der Waals surface area contributed by atoms with Crippen LogP contribution in [0.2, 0.25) is 11.6 Å². The van der Waals surface area contributed by atoms with Gasteiger partial charge in [0.1, 0.15) is 0 Å². The lowest BCUT2D eigenvalue weighted by molar-refractivity contribution is 0.619. The summed E-state index contributed by atoms with van der Waals surface area (Å²) in [5, 5.41) is 0. The maximum atomic E-state index is 6.00. The fraction of sp³-hybridized carbons (Fsp3) is 1.00. The zero-order valence-electron chi connectivity index (χ0n) is 9.09. The highest BCUT2D eigenvalue weighted by Gasteiger charge is 2.34. The van der Waals surface area contributed by atoms with Gasteiger partial charge >= 0.3 is 12.0 Å². The van der Waals surface area contributed by atoms with Crippen LogP contribution in [-0.2, 0) is 0 Å². The molecule has 0 rings (SSSR count). The second-order valence-corrected chi connectivity index (χ2v) is 22.1. The summed E-state index contributed by atoms with van der Waals surface area (Å²) in [7, 11) is 0. The molecule has 0 nitrogen and oxygen atoms in total. The molecule has 0 N–H and O–H groups in total. The summed E-state index contributed by atoms with van der Waals surface area (Å²) in [4.78, 5) is 0. The number of hydrogen-bond donors (Lipinski definition) is 0. The molecule has 0 aromatic heterocycles. The van der Waals surface area contributed by atoms with E-state index in [1.54, 1.807) is 0 Å². The molecule has 0 fully saturated rings. The van der Waals surface area contributed by atoms with Crippen LogP contribution >= 0.6 is 66.5 Å². The number of halogens is 6. The maximum absolute atomic E-state index is 6.00. The van der Waals surface area contributed by atoms with Crippen molar-refractivity contribution in [2.24, 2.45) is 0 Å². The van der Waals surface area contributed by atoms with Gasteiger partial charge in [-0.25, -0.2) is 0 Å². The Morgan fingerprint density at radius 3 is 1.81 bits per heavy atom. The highest BCUT2D eigenvalue weighted by molar-refractivity contribution is 7.65. The molecule has 0 saturated carbocycles. The van der Waals surface area contributed by atoms with Gasteiger partial charge in [0.25, 0.3) is 0 Å². The van der Waals surface area contributed by atoms with Gasteiger partial charge < -0.3 is 0 Å². The Morgan fingerprint density at radius 2 is 1.44 bits per heavy atom. The van der Waals surface area contributed by atoms with E-state index in [4.69, 9.17) is 66.5 Å². The van der Waals surface area contributed by atoms with Crippen LogP contribution in [0, 0.1) is 0 Å². The monoisotopic (exact) mass is 378 g/mol. The minimum absolute atomic E-state index is 0.252. The van der Waals surface area contributed by atoms with Crippen molar-refractivity contribution in [3.8, 4) is 0 Å². The van der Waals surface area contributed by atoms with E-state index in [0.29, 0.717) is 0 Å². The second kappa shape index (κ2) is 8.37. The molecule has 0 bridgehead atoms. The van der Waals surface area contributed by atoms with E-state index >= 15 is 0 Å². The largest absolute Gasteiger partial charge is 0.344 e. The van der Waals surface area contributed by atoms with Crippen molar-refractivity contribution in [1.29, 1.82) is 0 Å². The summed E-state index contributed by atoms with van der Waals surface area (Å²) in [6.07, 6.45) is 4.96. The molecule has 0 aliphatic heterocycles. The first-order valence-corrected chi connectivity index (χ1v) is 15.7. The molecule has 0 aliphatic rings. The smallest absolute Gasteiger partial charge is 0.126 e. The summed E-state index contributed by atoms with van der Waals surface area (Å²) < 4.78 is 0. The lowest BCUT2D eigenvalue weighted by Crippen LogP contribution is -2.19. The molecule has 0 aromatic carbocycles. The summed E-state index contributed by atoms with van der Waals surface area (Å²) in [5.74, 6) is 0. The van der Waals surface area contributed by atoms with Crippen LogP contribution < -0.4 is 0 Å². The SMILES string of the molecule is CCC(CCCCC[Si](Cl)(Cl)Cl)[Si](Cl)(Cl)Cl. The molecule has 1 unspecified atom stereocenters. The normalized spacial score (nSPS) is 15.2. The van der Waals surface area contributed by atoms with Gasteiger partial charge in [-0.05, 0) is 18.0 Å². The second-order valence-electron chi connectivity index (χ2n) is 3.86. The van der Waals surface area contributed by atoms with E-state index in [1.807, 2.05) is 0 Å². The lowest BCUT2D eigenvalue weighted by Gasteiger charge is -2.20. The Bertz CT molecular complexity index is 188. The van der Waals surface area contributed by atoms with Crippen LogP contribution in [0.1, 0.15) is 39.0 Å². The van der Waals surface area contributed by atoms with Gasteiger partial charge in [0, 0.05) is 0 Å². The minimum atomic E-state index is -2.54. The van der Waals surface area contributed by atoms with Crippen LogP contribution in [0.5, 0.6) is 0 Å². The van der Waals surface area contributed by atoms with Crippen LogP contribution in [0.15, 0.2) is 0 Å². The van der Waals surface area contributed by atoms with E-state index in [1.165, 1.54) is 0 Å². The third-order valence-corrected chi connectivity index (χ3v) is 9.49. The van der Waals surface area contributed by atoms with Crippen LogP contribution in [0.4, 0.5) is 0 Å². The Kier molecular flexibility index (Phi) is 9.50. The zero-order chi connectivity index (χ0) is 12.8. The van der Waals surface area contributed by atoms with Gasteiger partial charge in [-0.1, -0.05) is 32.6 Å². The predicted molar refractivity (Wildman–Crippen MR) is 83.9 cm³/mol. The van der Waals surface area contributed by atoms with E-state index < -0.39 is 12.0 Å². The molecule has 0 spiro atoms. The Balaban J connectivity index is 3.65. The van der Waals surface area contributed by atoms with Gasteiger partial charge in [-0.2, -0.15) is 0 Å². The molecule has 1 atom stereocenters. The van der Waals surface area contributed by atoms with Crippen LogP contribution in [0.3, 0.4) is 0 Å². The molecule has 0 amide bonds. The molecule has 8 heteroatoms. The van der Waals surface area contributed by atoms with Gasteiger partial charge in [-0.15, -0.1) is 66.5 Å². The van der Waals surface area contributed by atoms with Gasteiger partial charge in [-0.3, -0.25) is 0 Å². The molecule has 0 aromatic rings. The molecule has 0 aliphatic carbocycles. The summed E-state index contributed by atoms with van der Waals surface area (Å²) in [6.45, 7) is 2.06. The predicted octanol–water partition coefficient (Wildman–Crippen LogP) is 6.64. The molecular weight excluding hydrogens is 365 g/mol. The average molecular weight is 381 g/mol. The van der Waals surface area contributed by atoms with Crippen molar-refractivity contribution in [2.75, 3.05) is 0 Å². The lowest BCUT2D eigenvalue weighted by atomic mass is 10.1. The molecular formula is C8H16Cl6Si2. The van der Waals surface area contributed by atoms with E-state index in [9.17, 15) is 0 Å². The number of rotatable bonds is 8. The third kappa shape index (κ3) is 10.1. The van der Waals surface area contributed by atoms with Gasteiger partial charge in [0.2, 0.25) is 0 Å². The minimum Gasteiger partial charge on any atom is -0.126 e. The zero-order valence-corrected chi connectivity index (χ0v) is 15.6. The van der Waals surface area contributed by atoms with Crippen molar-refractivity contribution in [3.63, 3.8) is 0 Å². The van der Waals surface area contributed by atoms with Crippen molar-refractivity contribution in [1.82, 2.24) is 0 Å². The Labute approximate surface area is 128 Å². The molecule has 0 heterocycles. The highest BCUT2D eigenvalue weighted by Crippen LogP contribution is 2.40. The molecule has 16 heavy (non-hydrogen) atoms. The van der Waals surface area contributed by atoms with E-state index in [-0.39, 0.29) is 5.54 Å². The first-order valence-electron chi connectivity index (χ1n) is 5.30. The number of hydrogen-bond acceptors (Lipinski definition) is 0. The van der Waals surface area contributed by atoms with Crippen molar-refractivity contribution in [2.45, 2.75) is 50.6 Å². The Hall–Kier alpha value is 2.17. The quantitative estimate of drug-likeness (QED) is 0.251. The van der Waals surface area contributed by atoms with Crippen LogP contribution in [0.25, 0.3) is 0 Å². The van der Waals surface area contributed by atoms with Gasteiger partial charge in [0.05, 0.1) is 0 Å². The number of unbranched alkanes of at least 4 members (excludes halogenated alkanes) is 2. The maximum Gasteiger partial charge on any atom is 0.344 e. The van der Waals surface area contributed by atoms with Crippen molar-refractivity contribution in [3.05, 3.63) is 0 Å². The fourth-order valence-corrected chi connectivity index (χ4v) is 6.71. The van der Waals surface area contributed by atoms with Gasteiger partial charge in [0.15, 0.2) is 0 Å². The summed E-state index contributed by atoms with van der Waals surface area (Å²) in [5.41, 5.74) is 0.252. The van der Waals surface area contributed by atoms with Crippen LogP contribution in [-0.4, -0.2) is 12.0 Å².